The minimum absolute atomic E-state index is 0.0735. The Morgan fingerprint density at radius 3 is 2.75 bits per heavy atom. The number of H-pyrrole nitrogens is 1. The van der Waals surface area contributed by atoms with Gasteiger partial charge in [0.1, 0.15) is 23.1 Å². The molecular weight excluding hydrogens is 414 g/mol. The zero-order chi connectivity index (χ0) is 22.7. The number of methoxy groups -OCH3 is 1. The molecule has 2 N–H and O–H groups in total. The summed E-state index contributed by atoms with van der Waals surface area (Å²) in [5.41, 5.74) is 2.98. The van der Waals surface area contributed by atoms with Crippen LogP contribution in [0.5, 0.6) is 5.75 Å². The van der Waals surface area contributed by atoms with Gasteiger partial charge in [-0.15, -0.1) is 0 Å². The van der Waals surface area contributed by atoms with Crippen LogP contribution in [0, 0.1) is 11.6 Å². The summed E-state index contributed by atoms with van der Waals surface area (Å²) in [7, 11) is 5.62. The highest BCUT2D eigenvalue weighted by molar-refractivity contribution is 5.93. The molecule has 2 aromatic heterocycles. The van der Waals surface area contributed by atoms with Crippen molar-refractivity contribution in [1.82, 2.24) is 25.1 Å². The summed E-state index contributed by atoms with van der Waals surface area (Å²) in [5, 5.41) is 10.7. The average molecular weight is 436 g/mol. The third-order valence-electron chi connectivity index (χ3n) is 4.75. The lowest BCUT2D eigenvalue weighted by atomic mass is 10.0. The quantitative estimate of drug-likeness (QED) is 0.440. The van der Waals surface area contributed by atoms with Crippen molar-refractivity contribution < 1.29 is 13.5 Å². The largest absolute Gasteiger partial charge is 0.496 e. The van der Waals surface area contributed by atoms with Gasteiger partial charge in [0, 0.05) is 24.4 Å². The zero-order valence-electron chi connectivity index (χ0n) is 17.9. The maximum absolute atomic E-state index is 13.9. The smallest absolute Gasteiger partial charge is 0.229 e. The Bertz CT molecular complexity index is 1280. The van der Waals surface area contributed by atoms with E-state index in [1.54, 1.807) is 13.3 Å². The number of aromatic amines is 1. The summed E-state index contributed by atoms with van der Waals surface area (Å²) in [6.45, 7) is 0.824. The van der Waals surface area contributed by atoms with Gasteiger partial charge >= 0.3 is 0 Å². The summed E-state index contributed by atoms with van der Waals surface area (Å²) >= 11 is 0. The molecule has 0 atom stereocenters. The van der Waals surface area contributed by atoms with E-state index in [0.717, 1.165) is 29.8 Å². The molecule has 0 aliphatic carbocycles. The molecule has 2 aromatic carbocycles. The van der Waals surface area contributed by atoms with Gasteiger partial charge in [0.2, 0.25) is 5.95 Å². The maximum atomic E-state index is 13.9. The number of ether oxygens (including phenoxy) is 1. The number of rotatable bonds is 7. The minimum Gasteiger partial charge on any atom is -0.496 e. The predicted molar refractivity (Wildman–Crippen MR) is 121 cm³/mol. The van der Waals surface area contributed by atoms with Crippen molar-refractivity contribution in [1.29, 1.82) is 0 Å². The van der Waals surface area contributed by atoms with E-state index in [1.807, 2.05) is 38.4 Å². The Morgan fingerprint density at radius 1 is 1.16 bits per heavy atom. The molecule has 0 aliphatic heterocycles. The number of anilines is 2. The number of aromatic nitrogens is 4. The lowest BCUT2D eigenvalue weighted by Gasteiger charge is -2.09. The number of nitrogens with one attached hydrogen (secondary N) is 2. The van der Waals surface area contributed by atoms with Gasteiger partial charge in [0.25, 0.3) is 0 Å². The Balaban J connectivity index is 1.67. The number of hydrogen-bond acceptors (Lipinski definition) is 6. The first-order chi connectivity index (χ1) is 15.4. The normalized spacial score (nSPS) is 11.6. The Labute approximate surface area is 183 Å². The fourth-order valence-electron chi connectivity index (χ4n) is 3.20. The van der Waals surface area contributed by atoms with Crippen LogP contribution in [0.4, 0.5) is 20.4 Å². The minimum atomic E-state index is -0.733. The van der Waals surface area contributed by atoms with E-state index in [9.17, 15) is 8.78 Å². The van der Waals surface area contributed by atoms with Gasteiger partial charge in [-0.2, -0.15) is 10.1 Å². The summed E-state index contributed by atoms with van der Waals surface area (Å²) in [5.74, 6) is -0.567. The fourth-order valence-corrected chi connectivity index (χ4v) is 3.20. The van der Waals surface area contributed by atoms with Crippen LogP contribution >= 0.6 is 0 Å². The summed E-state index contributed by atoms with van der Waals surface area (Å²) in [6, 6.07) is 9.09. The predicted octanol–water partition coefficient (Wildman–Crippen LogP) is 4.63. The van der Waals surface area contributed by atoms with Crippen LogP contribution in [0.3, 0.4) is 0 Å². The topological polar surface area (TPSA) is 79.0 Å². The van der Waals surface area contributed by atoms with E-state index < -0.39 is 11.6 Å². The monoisotopic (exact) mass is 436 g/mol. The molecule has 0 saturated heterocycles. The first-order valence-corrected chi connectivity index (χ1v) is 9.87. The number of nitrogens with zero attached hydrogens (tertiary/aromatic N) is 4. The Kier molecular flexibility index (Phi) is 6.09. The highest BCUT2D eigenvalue weighted by atomic mass is 19.1. The van der Waals surface area contributed by atoms with E-state index in [1.165, 1.54) is 6.07 Å². The third kappa shape index (κ3) is 4.57. The first kappa shape index (κ1) is 21.4. The molecule has 4 aromatic rings. The van der Waals surface area contributed by atoms with Crippen LogP contribution in [-0.4, -0.2) is 52.8 Å². The van der Waals surface area contributed by atoms with Crippen molar-refractivity contribution >= 4 is 28.7 Å². The number of hydrogen-bond donors (Lipinski definition) is 2. The molecule has 0 amide bonds. The molecule has 2 heterocycles. The van der Waals surface area contributed by atoms with Crippen LogP contribution in [-0.2, 0) is 0 Å². The van der Waals surface area contributed by atoms with E-state index in [-0.39, 0.29) is 11.6 Å². The maximum Gasteiger partial charge on any atom is 0.229 e. The van der Waals surface area contributed by atoms with Crippen LogP contribution in [0.25, 0.3) is 28.4 Å². The first-order valence-electron chi connectivity index (χ1n) is 9.87. The van der Waals surface area contributed by atoms with Crippen molar-refractivity contribution in [3.05, 3.63) is 65.9 Å². The van der Waals surface area contributed by atoms with Gasteiger partial charge < -0.3 is 15.0 Å². The molecular formula is C23H22F2N6O. The van der Waals surface area contributed by atoms with E-state index >= 15 is 0 Å². The number of halogens is 2. The molecule has 0 spiro atoms. The molecule has 4 rings (SSSR count). The Morgan fingerprint density at radius 2 is 2.00 bits per heavy atom. The summed E-state index contributed by atoms with van der Waals surface area (Å²) in [6.07, 6.45) is 5.70. The molecule has 0 unspecified atom stereocenters. The van der Waals surface area contributed by atoms with Gasteiger partial charge in [0.05, 0.1) is 18.2 Å². The van der Waals surface area contributed by atoms with Crippen molar-refractivity contribution in [2.24, 2.45) is 0 Å². The SMILES string of the molecule is COc1ccc(/C=C/CN(C)C)cc1-c1n[nH]c2nc(Nc3ccc(F)cc3F)ncc12. The highest BCUT2D eigenvalue weighted by Crippen LogP contribution is 2.34. The molecule has 9 heteroatoms. The second-order valence-corrected chi connectivity index (χ2v) is 7.40. The second-order valence-electron chi connectivity index (χ2n) is 7.40. The third-order valence-corrected chi connectivity index (χ3v) is 4.75. The van der Waals surface area contributed by atoms with Crippen molar-refractivity contribution in [2.75, 3.05) is 33.1 Å². The average Bonchev–Trinajstić information content (AvgIpc) is 3.18. The van der Waals surface area contributed by atoms with Gasteiger partial charge in [-0.3, -0.25) is 5.10 Å². The van der Waals surface area contributed by atoms with Crippen LogP contribution in [0.15, 0.2) is 48.7 Å². The van der Waals surface area contributed by atoms with Crippen LogP contribution < -0.4 is 10.1 Å². The van der Waals surface area contributed by atoms with Gasteiger partial charge in [-0.1, -0.05) is 18.2 Å². The molecule has 0 fully saturated rings. The highest BCUT2D eigenvalue weighted by Gasteiger charge is 2.16. The summed E-state index contributed by atoms with van der Waals surface area (Å²) in [4.78, 5) is 10.7. The zero-order valence-corrected chi connectivity index (χ0v) is 17.9. The lowest BCUT2D eigenvalue weighted by Crippen LogP contribution is -2.10. The molecule has 0 bridgehead atoms. The number of fused-ring (bicyclic) bond motifs is 1. The van der Waals surface area contributed by atoms with Gasteiger partial charge in [0.15, 0.2) is 5.65 Å². The van der Waals surface area contributed by atoms with Crippen molar-refractivity contribution in [2.45, 2.75) is 0 Å². The standard InChI is InChI=1S/C23H22F2N6O/c1-31(2)10-4-5-14-6-9-20(32-3)16(11-14)21-17-13-26-23(28-22(17)30-29-21)27-19-8-7-15(24)12-18(19)25/h4-9,11-13H,10H2,1-3H3,(H2,26,27,28,29,30)/b5-4+. The molecule has 164 valence electrons. The van der Waals surface area contributed by atoms with Gasteiger partial charge in [-0.25, -0.2) is 13.8 Å². The molecule has 0 radical (unpaired) electrons. The molecule has 0 saturated carbocycles. The van der Waals surface area contributed by atoms with E-state index in [4.69, 9.17) is 4.74 Å². The number of benzene rings is 2. The number of likely N-dealkylation sites (N-methyl/N-ethyl adjacent to an activating group) is 1. The van der Waals surface area contributed by atoms with Crippen LogP contribution in [0.1, 0.15) is 5.56 Å². The second kappa shape index (κ2) is 9.11. The van der Waals surface area contributed by atoms with Crippen molar-refractivity contribution in [3.8, 4) is 17.0 Å². The molecule has 0 aliphatic rings. The lowest BCUT2D eigenvalue weighted by molar-refractivity contribution is 0.416. The van der Waals surface area contributed by atoms with Gasteiger partial charge in [-0.05, 0) is 43.9 Å². The summed E-state index contributed by atoms with van der Waals surface area (Å²) < 4.78 is 32.6. The fraction of sp³-hybridized carbons (Fsp3) is 0.174. The van der Waals surface area contributed by atoms with Crippen LogP contribution in [0.2, 0.25) is 0 Å². The molecule has 32 heavy (non-hydrogen) atoms. The molecule has 7 nitrogen and oxygen atoms in total. The van der Waals surface area contributed by atoms with E-state index in [0.29, 0.717) is 22.5 Å². The Hall–Kier alpha value is -3.85. The van der Waals surface area contributed by atoms with E-state index in [2.05, 4.69) is 36.5 Å². The van der Waals surface area contributed by atoms with Crippen molar-refractivity contribution in [3.63, 3.8) is 0 Å².